The van der Waals surface area contributed by atoms with Crippen molar-refractivity contribution in [3.05, 3.63) is 59.2 Å². The van der Waals surface area contributed by atoms with Gasteiger partial charge in [0.15, 0.2) is 5.82 Å². The summed E-state index contributed by atoms with van der Waals surface area (Å²) in [5.74, 6) is -0.997. The molecule has 2 aromatic rings. The predicted molar refractivity (Wildman–Crippen MR) is 66.3 cm³/mol. The van der Waals surface area contributed by atoms with Crippen molar-refractivity contribution in [3.63, 3.8) is 0 Å². The Balaban J connectivity index is 2.13. The molecule has 0 aliphatic carbocycles. The molecule has 3 nitrogen and oxygen atoms in total. The molecule has 0 saturated heterocycles. The number of hydrogen-bond donors (Lipinski definition) is 1. The molecule has 0 bridgehead atoms. The average Bonchev–Trinajstić information content (AvgIpc) is 2.40. The van der Waals surface area contributed by atoms with E-state index in [2.05, 4.69) is 0 Å². The summed E-state index contributed by atoms with van der Waals surface area (Å²) in [6, 6.07) is 10.1. The van der Waals surface area contributed by atoms with E-state index in [-0.39, 0.29) is 29.2 Å². The van der Waals surface area contributed by atoms with Gasteiger partial charge < -0.3 is 10.5 Å². The van der Waals surface area contributed by atoms with Gasteiger partial charge in [-0.2, -0.15) is 5.26 Å². The standard InChI is InChI=1S/C14H10F2N2O/c15-12-6-11(5-4-9(12)7-17)19-8-10-2-1-3-13(18)14(10)16/h1-6H,8,18H2. The first kappa shape index (κ1) is 12.8. The lowest BCUT2D eigenvalue weighted by Crippen LogP contribution is -2.01. The SMILES string of the molecule is N#Cc1ccc(OCc2cccc(N)c2F)cc1F. The maximum atomic E-state index is 13.6. The van der Waals surface area contributed by atoms with Crippen LogP contribution < -0.4 is 10.5 Å². The molecule has 2 aromatic carbocycles. The van der Waals surface area contributed by atoms with Crippen LogP contribution in [0.1, 0.15) is 11.1 Å². The molecule has 0 spiro atoms. The summed E-state index contributed by atoms with van der Waals surface area (Å²) in [4.78, 5) is 0. The van der Waals surface area contributed by atoms with E-state index in [4.69, 9.17) is 15.7 Å². The number of benzene rings is 2. The molecule has 5 heteroatoms. The molecule has 0 amide bonds. The normalized spacial score (nSPS) is 9.95. The Morgan fingerprint density at radius 3 is 2.68 bits per heavy atom. The summed E-state index contributed by atoms with van der Waals surface area (Å²) in [6.07, 6.45) is 0. The minimum Gasteiger partial charge on any atom is -0.489 e. The molecule has 0 unspecified atom stereocenters. The molecule has 96 valence electrons. The summed E-state index contributed by atoms with van der Waals surface area (Å²) < 4.78 is 32.2. The Hall–Kier alpha value is -2.61. The lowest BCUT2D eigenvalue weighted by Gasteiger charge is -2.08. The number of ether oxygens (including phenoxy) is 1. The fraction of sp³-hybridized carbons (Fsp3) is 0.0714. The number of nitriles is 1. The highest BCUT2D eigenvalue weighted by molar-refractivity contribution is 5.43. The van der Waals surface area contributed by atoms with Crippen LogP contribution >= 0.6 is 0 Å². The topological polar surface area (TPSA) is 59.0 Å². The van der Waals surface area contributed by atoms with Crippen molar-refractivity contribution < 1.29 is 13.5 Å². The van der Waals surface area contributed by atoms with E-state index in [1.165, 1.54) is 24.3 Å². The molecule has 19 heavy (non-hydrogen) atoms. The van der Waals surface area contributed by atoms with Gasteiger partial charge in [0, 0.05) is 11.6 Å². The summed E-state index contributed by atoms with van der Waals surface area (Å²) in [7, 11) is 0. The number of nitrogen functional groups attached to an aromatic ring is 1. The van der Waals surface area contributed by atoms with Crippen molar-refractivity contribution in [2.75, 3.05) is 5.73 Å². The molecule has 0 fully saturated rings. The lowest BCUT2D eigenvalue weighted by molar-refractivity contribution is 0.298. The second-order valence-electron chi connectivity index (χ2n) is 3.86. The molecule has 2 N–H and O–H groups in total. The van der Waals surface area contributed by atoms with E-state index < -0.39 is 11.6 Å². The van der Waals surface area contributed by atoms with Gasteiger partial charge in [0.05, 0.1) is 11.3 Å². The van der Waals surface area contributed by atoms with Gasteiger partial charge >= 0.3 is 0 Å². The third kappa shape index (κ3) is 2.80. The van der Waals surface area contributed by atoms with Crippen LogP contribution in [0.5, 0.6) is 5.75 Å². The highest BCUT2D eigenvalue weighted by atomic mass is 19.1. The number of rotatable bonds is 3. The van der Waals surface area contributed by atoms with Gasteiger partial charge in [0.2, 0.25) is 0 Å². The van der Waals surface area contributed by atoms with Crippen molar-refractivity contribution in [3.8, 4) is 11.8 Å². The van der Waals surface area contributed by atoms with E-state index in [9.17, 15) is 8.78 Å². The summed E-state index contributed by atoms with van der Waals surface area (Å²) in [5, 5.41) is 8.59. The fourth-order valence-corrected chi connectivity index (χ4v) is 1.55. The van der Waals surface area contributed by atoms with Gasteiger partial charge in [-0.25, -0.2) is 8.78 Å². The first-order valence-corrected chi connectivity index (χ1v) is 5.47. The Morgan fingerprint density at radius 1 is 1.21 bits per heavy atom. The fourth-order valence-electron chi connectivity index (χ4n) is 1.55. The summed E-state index contributed by atoms with van der Waals surface area (Å²) in [6.45, 7) is -0.0672. The van der Waals surface area contributed by atoms with Crippen molar-refractivity contribution in [2.24, 2.45) is 0 Å². The van der Waals surface area contributed by atoms with E-state index in [0.717, 1.165) is 6.07 Å². The molecule has 0 aromatic heterocycles. The van der Waals surface area contributed by atoms with E-state index in [1.807, 2.05) is 0 Å². The Bertz CT molecular complexity index is 650. The monoisotopic (exact) mass is 260 g/mol. The Morgan fingerprint density at radius 2 is 2.00 bits per heavy atom. The smallest absolute Gasteiger partial charge is 0.152 e. The first-order valence-electron chi connectivity index (χ1n) is 5.47. The third-order valence-corrected chi connectivity index (χ3v) is 2.56. The maximum absolute atomic E-state index is 13.6. The minimum absolute atomic E-state index is 0.0344. The number of anilines is 1. The maximum Gasteiger partial charge on any atom is 0.152 e. The second kappa shape index (κ2) is 5.36. The first-order chi connectivity index (χ1) is 9.11. The predicted octanol–water partition coefficient (Wildman–Crippen LogP) is 3.00. The molecular formula is C14H10F2N2O. The number of hydrogen-bond acceptors (Lipinski definition) is 3. The van der Waals surface area contributed by atoms with Crippen LogP contribution in [0.15, 0.2) is 36.4 Å². The van der Waals surface area contributed by atoms with Crippen LogP contribution in [0, 0.1) is 23.0 Å². The van der Waals surface area contributed by atoms with Crippen molar-refractivity contribution in [1.29, 1.82) is 5.26 Å². The Labute approximate surface area is 108 Å². The molecule has 0 radical (unpaired) electrons. The number of nitrogens with zero attached hydrogens (tertiary/aromatic N) is 1. The van der Waals surface area contributed by atoms with Gasteiger partial charge in [-0.15, -0.1) is 0 Å². The van der Waals surface area contributed by atoms with E-state index in [1.54, 1.807) is 12.1 Å². The average molecular weight is 260 g/mol. The molecule has 0 saturated carbocycles. The van der Waals surface area contributed by atoms with Crippen LogP contribution in [-0.2, 0) is 6.61 Å². The zero-order chi connectivity index (χ0) is 13.8. The van der Waals surface area contributed by atoms with Crippen LogP contribution in [-0.4, -0.2) is 0 Å². The van der Waals surface area contributed by atoms with Gasteiger partial charge in [-0.1, -0.05) is 12.1 Å². The lowest BCUT2D eigenvalue weighted by atomic mass is 10.2. The molecule has 0 aliphatic heterocycles. The molecule has 0 aliphatic rings. The molecule has 0 atom stereocenters. The third-order valence-electron chi connectivity index (χ3n) is 2.56. The van der Waals surface area contributed by atoms with Gasteiger partial charge in [-0.05, 0) is 18.2 Å². The van der Waals surface area contributed by atoms with Gasteiger partial charge in [0.25, 0.3) is 0 Å². The minimum atomic E-state index is -0.673. The number of nitrogens with two attached hydrogens (primary N) is 1. The Kier molecular flexibility index (Phi) is 3.62. The zero-order valence-electron chi connectivity index (χ0n) is 9.86. The van der Waals surface area contributed by atoms with E-state index >= 15 is 0 Å². The summed E-state index contributed by atoms with van der Waals surface area (Å²) in [5.41, 5.74) is 5.67. The highest BCUT2D eigenvalue weighted by Crippen LogP contribution is 2.20. The van der Waals surface area contributed by atoms with Gasteiger partial charge in [-0.3, -0.25) is 0 Å². The van der Waals surface area contributed by atoms with Crippen molar-refractivity contribution in [2.45, 2.75) is 6.61 Å². The molecule has 2 rings (SSSR count). The van der Waals surface area contributed by atoms with Crippen molar-refractivity contribution in [1.82, 2.24) is 0 Å². The second-order valence-corrected chi connectivity index (χ2v) is 3.86. The molecule has 0 heterocycles. The number of halogens is 2. The van der Waals surface area contributed by atoms with Gasteiger partial charge in [0.1, 0.15) is 24.2 Å². The molecular weight excluding hydrogens is 250 g/mol. The highest BCUT2D eigenvalue weighted by Gasteiger charge is 2.07. The van der Waals surface area contributed by atoms with Crippen LogP contribution in [0.25, 0.3) is 0 Å². The largest absolute Gasteiger partial charge is 0.489 e. The van der Waals surface area contributed by atoms with Crippen LogP contribution in [0.4, 0.5) is 14.5 Å². The van der Waals surface area contributed by atoms with Crippen LogP contribution in [0.3, 0.4) is 0 Å². The summed E-state index contributed by atoms with van der Waals surface area (Å²) >= 11 is 0. The van der Waals surface area contributed by atoms with Crippen LogP contribution in [0.2, 0.25) is 0 Å². The van der Waals surface area contributed by atoms with E-state index in [0.29, 0.717) is 0 Å². The van der Waals surface area contributed by atoms with Crippen molar-refractivity contribution >= 4 is 5.69 Å². The quantitative estimate of drug-likeness (QED) is 0.863. The zero-order valence-corrected chi connectivity index (χ0v) is 9.86.